The summed E-state index contributed by atoms with van der Waals surface area (Å²) in [6.45, 7) is 0.417. The largest absolute Gasteiger partial charge is 0.476 e. The fourth-order valence-electron chi connectivity index (χ4n) is 3.65. The van der Waals surface area contributed by atoms with Crippen LogP contribution in [0.4, 0.5) is 30.6 Å². The number of nitrogens with one attached hydrogen (secondary N) is 2. The Kier molecular flexibility index (Phi) is 3.54. The summed E-state index contributed by atoms with van der Waals surface area (Å²) >= 11 is 0. The second kappa shape index (κ2) is 5.74. The zero-order valence-corrected chi connectivity index (χ0v) is 14.7. The van der Waals surface area contributed by atoms with Gasteiger partial charge in [-0.15, -0.1) is 0 Å². The van der Waals surface area contributed by atoms with E-state index < -0.39 is 11.7 Å². The zero-order chi connectivity index (χ0) is 18.8. The third-order valence-electron chi connectivity index (χ3n) is 5.49. The summed E-state index contributed by atoms with van der Waals surface area (Å²) in [5.41, 5.74) is 0.658. The van der Waals surface area contributed by atoms with Crippen molar-refractivity contribution in [3.63, 3.8) is 0 Å². The molecule has 7 nitrogen and oxygen atoms in total. The van der Waals surface area contributed by atoms with Gasteiger partial charge in [-0.25, -0.2) is 9.67 Å². The van der Waals surface area contributed by atoms with Crippen LogP contribution < -0.4 is 15.4 Å². The summed E-state index contributed by atoms with van der Waals surface area (Å²) in [4.78, 5) is 8.04. The normalized spacial score (nSPS) is 24.3. The van der Waals surface area contributed by atoms with E-state index in [1.165, 1.54) is 0 Å². The number of aryl methyl sites for hydroxylation is 1. The molecule has 10 heteroatoms. The fourth-order valence-corrected chi connectivity index (χ4v) is 3.65. The van der Waals surface area contributed by atoms with E-state index in [0.717, 1.165) is 37.6 Å². The van der Waals surface area contributed by atoms with Crippen LogP contribution in [0.5, 0.6) is 5.88 Å². The van der Waals surface area contributed by atoms with Gasteiger partial charge in [-0.2, -0.15) is 23.3 Å². The van der Waals surface area contributed by atoms with Crippen LogP contribution in [0.15, 0.2) is 6.20 Å². The summed E-state index contributed by atoms with van der Waals surface area (Å²) in [5.74, 6) is 0.951. The second-order valence-electron chi connectivity index (χ2n) is 7.44. The van der Waals surface area contributed by atoms with Crippen LogP contribution in [-0.2, 0) is 13.2 Å². The van der Waals surface area contributed by atoms with Gasteiger partial charge in [-0.1, -0.05) is 0 Å². The molecule has 2 aromatic rings. The van der Waals surface area contributed by atoms with Crippen molar-refractivity contribution in [2.45, 2.75) is 43.8 Å². The Hall–Kier alpha value is -2.52. The summed E-state index contributed by atoms with van der Waals surface area (Å²) in [6.07, 6.45) is 0.0655. The number of hydrogen-bond donors (Lipinski definition) is 2. The molecule has 0 radical (unpaired) electrons. The summed E-state index contributed by atoms with van der Waals surface area (Å²) in [5, 5.41) is 10.6. The molecule has 2 bridgehead atoms. The lowest BCUT2D eigenvalue weighted by Gasteiger charge is -2.37. The zero-order valence-electron chi connectivity index (χ0n) is 14.7. The highest BCUT2D eigenvalue weighted by molar-refractivity contribution is 5.66. The first-order valence-corrected chi connectivity index (χ1v) is 9.07. The maximum atomic E-state index is 13.4. The van der Waals surface area contributed by atoms with Crippen molar-refractivity contribution in [2.75, 3.05) is 17.2 Å². The molecule has 0 unspecified atom stereocenters. The maximum Gasteiger partial charge on any atom is 0.421 e. The number of halogens is 3. The van der Waals surface area contributed by atoms with E-state index in [-0.39, 0.29) is 23.7 Å². The molecule has 0 aromatic carbocycles. The van der Waals surface area contributed by atoms with Crippen molar-refractivity contribution in [3.05, 3.63) is 17.5 Å². The van der Waals surface area contributed by atoms with Crippen LogP contribution in [-0.4, -0.2) is 32.4 Å². The monoisotopic (exact) mass is 380 g/mol. The van der Waals surface area contributed by atoms with E-state index in [4.69, 9.17) is 4.74 Å². The first-order chi connectivity index (χ1) is 12.9. The van der Waals surface area contributed by atoms with Crippen LogP contribution in [0.25, 0.3) is 0 Å². The van der Waals surface area contributed by atoms with Crippen LogP contribution in [0.2, 0.25) is 0 Å². The van der Waals surface area contributed by atoms with Gasteiger partial charge in [0.05, 0.1) is 12.3 Å². The molecular weight excluding hydrogens is 361 g/mol. The average Bonchev–Trinajstić information content (AvgIpc) is 3.38. The lowest BCUT2D eigenvalue weighted by atomic mass is 9.80. The number of alkyl halides is 3. The van der Waals surface area contributed by atoms with E-state index in [1.807, 2.05) is 7.05 Å². The number of rotatable bonds is 1. The van der Waals surface area contributed by atoms with Gasteiger partial charge in [-0.3, -0.25) is 0 Å². The molecule has 2 saturated carbocycles. The highest BCUT2D eigenvalue weighted by Gasteiger charge is 2.40. The van der Waals surface area contributed by atoms with Gasteiger partial charge >= 0.3 is 6.18 Å². The maximum absolute atomic E-state index is 13.4. The van der Waals surface area contributed by atoms with Crippen molar-refractivity contribution in [1.29, 1.82) is 0 Å². The SMILES string of the molecule is Cn1nc(C2CC2)c2c1OC[C@@H]1CC[C@H]1Nc1nc(ncc1C(F)(F)F)N2. The quantitative estimate of drug-likeness (QED) is 0.789. The van der Waals surface area contributed by atoms with Crippen molar-refractivity contribution < 1.29 is 17.9 Å². The molecule has 3 heterocycles. The molecule has 0 saturated heterocycles. The fraction of sp³-hybridized carbons (Fsp3) is 0.588. The summed E-state index contributed by atoms with van der Waals surface area (Å²) in [6, 6.07) is -0.105. The molecule has 3 aliphatic rings. The topological polar surface area (TPSA) is 76.9 Å². The van der Waals surface area contributed by atoms with Crippen molar-refractivity contribution in [2.24, 2.45) is 13.0 Å². The Bertz CT molecular complexity index is 892. The molecule has 5 rings (SSSR count). The van der Waals surface area contributed by atoms with E-state index in [2.05, 4.69) is 25.7 Å². The van der Waals surface area contributed by atoms with Gasteiger partial charge < -0.3 is 15.4 Å². The van der Waals surface area contributed by atoms with E-state index in [1.54, 1.807) is 4.68 Å². The van der Waals surface area contributed by atoms with E-state index in [9.17, 15) is 13.2 Å². The number of hydrogen-bond acceptors (Lipinski definition) is 6. The highest BCUT2D eigenvalue weighted by atomic mass is 19.4. The average molecular weight is 380 g/mol. The molecule has 0 amide bonds. The molecule has 2 N–H and O–H groups in total. The first kappa shape index (κ1) is 16.6. The Morgan fingerprint density at radius 3 is 2.70 bits per heavy atom. The van der Waals surface area contributed by atoms with Crippen molar-refractivity contribution >= 4 is 17.5 Å². The third kappa shape index (κ3) is 2.87. The van der Waals surface area contributed by atoms with Gasteiger partial charge in [-0.05, 0) is 25.7 Å². The van der Waals surface area contributed by atoms with Crippen LogP contribution >= 0.6 is 0 Å². The van der Waals surface area contributed by atoms with Crippen molar-refractivity contribution in [3.8, 4) is 5.88 Å². The van der Waals surface area contributed by atoms with Crippen LogP contribution in [0, 0.1) is 5.92 Å². The minimum Gasteiger partial charge on any atom is -0.476 e. The number of aromatic nitrogens is 4. The Morgan fingerprint density at radius 1 is 1.22 bits per heavy atom. The van der Waals surface area contributed by atoms with Gasteiger partial charge in [0, 0.05) is 31.1 Å². The Balaban J connectivity index is 1.61. The lowest BCUT2D eigenvalue weighted by Crippen LogP contribution is -2.42. The third-order valence-corrected chi connectivity index (χ3v) is 5.49. The van der Waals surface area contributed by atoms with Crippen molar-refractivity contribution in [1.82, 2.24) is 19.7 Å². The van der Waals surface area contributed by atoms with Gasteiger partial charge in [0.1, 0.15) is 17.1 Å². The Labute approximate surface area is 153 Å². The second-order valence-corrected chi connectivity index (χ2v) is 7.44. The first-order valence-electron chi connectivity index (χ1n) is 9.07. The van der Waals surface area contributed by atoms with Crippen LogP contribution in [0.3, 0.4) is 0 Å². The molecule has 0 spiro atoms. The molecule has 2 fully saturated rings. The van der Waals surface area contributed by atoms with Gasteiger partial charge in [0.15, 0.2) is 0 Å². The predicted molar refractivity (Wildman–Crippen MR) is 91.1 cm³/mol. The molecular formula is C17H19F3N6O. The van der Waals surface area contributed by atoms with E-state index >= 15 is 0 Å². The Morgan fingerprint density at radius 2 is 2.04 bits per heavy atom. The highest BCUT2D eigenvalue weighted by Crippen LogP contribution is 2.47. The lowest BCUT2D eigenvalue weighted by molar-refractivity contribution is -0.137. The molecule has 2 atom stereocenters. The van der Waals surface area contributed by atoms with Gasteiger partial charge in [0.2, 0.25) is 11.8 Å². The smallest absolute Gasteiger partial charge is 0.421 e. The number of nitrogens with zero attached hydrogens (tertiary/aromatic N) is 4. The summed E-state index contributed by atoms with van der Waals surface area (Å²) in [7, 11) is 1.81. The predicted octanol–water partition coefficient (Wildman–Crippen LogP) is 3.43. The van der Waals surface area contributed by atoms with E-state index in [0.29, 0.717) is 24.1 Å². The minimum absolute atomic E-state index is 0.100. The van der Waals surface area contributed by atoms with Gasteiger partial charge in [0.25, 0.3) is 0 Å². The molecule has 2 aromatic heterocycles. The standard InChI is InChI=1S/C17H19F3N6O/c1-26-15-13(12(25-26)8-2-3-8)23-16-21-6-10(17(18,19)20)14(24-16)22-11-5-4-9(11)7-27-15/h6,8-9,11H,2-5,7H2,1H3,(H2,21,22,23,24)/t9-,11+/m0/s1. The molecule has 1 aliphatic heterocycles. The van der Waals surface area contributed by atoms with Crippen LogP contribution in [0.1, 0.15) is 42.9 Å². The minimum atomic E-state index is -4.52. The molecule has 144 valence electrons. The number of anilines is 3. The summed E-state index contributed by atoms with van der Waals surface area (Å²) < 4.78 is 47.8. The molecule has 27 heavy (non-hydrogen) atoms. The molecule has 2 aliphatic carbocycles. The number of ether oxygens (including phenoxy) is 1. The number of fused-ring (bicyclic) bond motifs is 4.